The summed E-state index contributed by atoms with van der Waals surface area (Å²) in [4.78, 5) is 0. The molecular formula is C15H23N. The van der Waals surface area contributed by atoms with E-state index in [2.05, 4.69) is 49.5 Å². The lowest BCUT2D eigenvalue weighted by atomic mass is 9.88. The topological polar surface area (TPSA) is 12.0 Å². The largest absolute Gasteiger partial charge is 0.313 e. The first-order chi connectivity index (χ1) is 7.75. The molecule has 1 aromatic carbocycles. The highest BCUT2D eigenvalue weighted by molar-refractivity contribution is 5.16. The zero-order valence-corrected chi connectivity index (χ0v) is 10.4. The molecule has 1 N–H and O–H groups in total. The Bertz CT molecular complexity index is 304. The van der Waals surface area contributed by atoms with Crippen LogP contribution in [-0.4, -0.2) is 12.6 Å². The molecule has 0 bridgehead atoms. The second-order valence-corrected chi connectivity index (χ2v) is 5.43. The molecule has 1 aliphatic heterocycles. The van der Waals surface area contributed by atoms with Gasteiger partial charge in [-0.3, -0.25) is 0 Å². The Hall–Kier alpha value is -0.820. The third kappa shape index (κ3) is 3.08. The van der Waals surface area contributed by atoms with Crippen LogP contribution in [0.2, 0.25) is 0 Å². The average Bonchev–Trinajstić information content (AvgIpc) is 2.66. The molecule has 1 aromatic rings. The van der Waals surface area contributed by atoms with Gasteiger partial charge >= 0.3 is 0 Å². The molecule has 88 valence electrons. The van der Waals surface area contributed by atoms with E-state index in [4.69, 9.17) is 0 Å². The molecule has 1 fully saturated rings. The summed E-state index contributed by atoms with van der Waals surface area (Å²) in [5.74, 6) is 1.70. The fraction of sp³-hybridized carbons (Fsp3) is 0.600. The van der Waals surface area contributed by atoms with E-state index in [-0.39, 0.29) is 0 Å². The van der Waals surface area contributed by atoms with Crippen LogP contribution in [-0.2, 0) is 6.42 Å². The summed E-state index contributed by atoms with van der Waals surface area (Å²) in [5.41, 5.74) is 1.47. The van der Waals surface area contributed by atoms with Gasteiger partial charge in [0.05, 0.1) is 0 Å². The highest BCUT2D eigenvalue weighted by Crippen LogP contribution is 2.25. The van der Waals surface area contributed by atoms with Gasteiger partial charge in [-0.05, 0) is 43.2 Å². The van der Waals surface area contributed by atoms with Gasteiger partial charge in [0, 0.05) is 6.04 Å². The van der Waals surface area contributed by atoms with Crippen molar-refractivity contribution < 1.29 is 0 Å². The molecular weight excluding hydrogens is 194 g/mol. The lowest BCUT2D eigenvalue weighted by molar-refractivity contribution is 0.365. The summed E-state index contributed by atoms with van der Waals surface area (Å²) in [6.07, 6.45) is 3.92. The molecule has 0 radical (unpaired) electrons. The van der Waals surface area contributed by atoms with Crippen LogP contribution in [0.25, 0.3) is 0 Å². The molecule has 16 heavy (non-hydrogen) atoms. The quantitative estimate of drug-likeness (QED) is 0.816. The molecule has 0 saturated carbocycles. The molecule has 2 rings (SSSR count). The number of hydrogen-bond donors (Lipinski definition) is 1. The molecule has 2 atom stereocenters. The second-order valence-electron chi connectivity index (χ2n) is 5.43. The van der Waals surface area contributed by atoms with Gasteiger partial charge in [0.25, 0.3) is 0 Å². The van der Waals surface area contributed by atoms with Gasteiger partial charge < -0.3 is 5.32 Å². The summed E-state index contributed by atoms with van der Waals surface area (Å²) in [6, 6.07) is 11.6. The molecule has 1 heterocycles. The zero-order valence-electron chi connectivity index (χ0n) is 10.4. The van der Waals surface area contributed by atoms with E-state index < -0.39 is 0 Å². The van der Waals surface area contributed by atoms with Crippen molar-refractivity contribution in [3.8, 4) is 0 Å². The van der Waals surface area contributed by atoms with E-state index in [1.165, 1.54) is 31.4 Å². The van der Waals surface area contributed by atoms with Gasteiger partial charge in [0.15, 0.2) is 0 Å². The Labute approximate surface area is 99.3 Å². The highest BCUT2D eigenvalue weighted by Gasteiger charge is 2.26. The lowest BCUT2D eigenvalue weighted by Gasteiger charge is -2.21. The smallest absolute Gasteiger partial charge is 0.0136 e. The Kier molecular flexibility index (Phi) is 4.00. The number of rotatable bonds is 4. The third-order valence-corrected chi connectivity index (χ3v) is 3.56. The minimum atomic E-state index is 0.699. The van der Waals surface area contributed by atoms with Crippen LogP contribution >= 0.6 is 0 Å². The van der Waals surface area contributed by atoms with E-state index in [0.717, 1.165) is 11.8 Å². The molecule has 1 nitrogen and oxygen atoms in total. The Morgan fingerprint density at radius 3 is 2.69 bits per heavy atom. The van der Waals surface area contributed by atoms with Crippen LogP contribution in [0, 0.1) is 11.8 Å². The zero-order chi connectivity index (χ0) is 11.4. The fourth-order valence-corrected chi connectivity index (χ4v) is 2.82. The standard InChI is InChI=1S/C15H23N/c1-12(2)10-14-8-9-16-15(14)11-13-6-4-3-5-7-13/h3-7,12,14-16H,8-11H2,1-2H3. The second kappa shape index (κ2) is 5.49. The Morgan fingerprint density at radius 1 is 1.25 bits per heavy atom. The summed E-state index contributed by atoms with van der Waals surface area (Å²) >= 11 is 0. The molecule has 2 unspecified atom stereocenters. The van der Waals surface area contributed by atoms with Crippen molar-refractivity contribution >= 4 is 0 Å². The number of benzene rings is 1. The van der Waals surface area contributed by atoms with Crippen molar-refractivity contribution in [3.63, 3.8) is 0 Å². The SMILES string of the molecule is CC(C)CC1CCNC1Cc1ccccc1. The minimum absolute atomic E-state index is 0.699. The first-order valence-electron chi connectivity index (χ1n) is 6.53. The van der Waals surface area contributed by atoms with Crippen LogP contribution in [0.15, 0.2) is 30.3 Å². The molecule has 0 spiro atoms. The Balaban J connectivity index is 1.93. The Morgan fingerprint density at radius 2 is 2.00 bits per heavy atom. The number of hydrogen-bond acceptors (Lipinski definition) is 1. The summed E-state index contributed by atoms with van der Waals surface area (Å²) < 4.78 is 0. The van der Waals surface area contributed by atoms with Gasteiger partial charge in [-0.25, -0.2) is 0 Å². The average molecular weight is 217 g/mol. The van der Waals surface area contributed by atoms with Crippen LogP contribution in [0.5, 0.6) is 0 Å². The van der Waals surface area contributed by atoms with Crippen molar-refractivity contribution in [2.75, 3.05) is 6.54 Å². The summed E-state index contributed by atoms with van der Waals surface area (Å²) in [7, 11) is 0. The molecule has 0 amide bonds. The van der Waals surface area contributed by atoms with Crippen LogP contribution in [0.4, 0.5) is 0 Å². The maximum atomic E-state index is 3.66. The van der Waals surface area contributed by atoms with Gasteiger partial charge in [0.2, 0.25) is 0 Å². The normalized spacial score (nSPS) is 25.2. The van der Waals surface area contributed by atoms with E-state index in [1.807, 2.05) is 0 Å². The highest BCUT2D eigenvalue weighted by atomic mass is 14.9. The van der Waals surface area contributed by atoms with Crippen LogP contribution < -0.4 is 5.32 Å². The van der Waals surface area contributed by atoms with Gasteiger partial charge in [-0.15, -0.1) is 0 Å². The maximum Gasteiger partial charge on any atom is 0.0136 e. The lowest BCUT2D eigenvalue weighted by Crippen LogP contribution is -2.30. The fourth-order valence-electron chi connectivity index (χ4n) is 2.82. The molecule has 0 aromatic heterocycles. The van der Waals surface area contributed by atoms with Crippen molar-refractivity contribution in [1.82, 2.24) is 5.32 Å². The first-order valence-corrected chi connectivity index (χ1v) is 6.53. The van der Waals surface area contributed by atoms with E-state index in [9.17, 15) is 0 Å². The van der Waals surface area contributed by atoms with Gasteiger partial charge in [-0.1, -0.05) is 44.2 Å². The maximum absolute atomic E-state index is 3.66. The van der Waals surface area contributed by atoms with Crippen molar-refractivity contribution in [2.45, 2.75) is 39.2 Å². The van der Waals surface area contributed by atoms with E-state index in [1.54, 1.807) is 0 Å². The van der Waals surface area contributed by atoms with E-state index in [0.29, 0.717) is 6.04 Å². The summed E-state index contributed by atoms with van der Waals surface area (Å²) in [6.45, 7) is 5.87. The van der Waals surface area contributed by atoms with E-state index >= 15 is 0 Å². The van der Waals surface area contributed by atoms with Gasteiger partial charge in [0.1, 0.15) is 0 Å². The predicted octanol–water partition coefficient (Wildman–Crippen LogP) is 3.25. The predicted molar refractivity (Wildman–Crippen MR) is 69.5 cm³/mol. The molecule has 1 saturated heterocycles. The van der Waals surface area contributed by atoms with Gasteiger partial charge in [-0.2, -0.15) is 0 Å². The van der Waals surface area contributed by atoms with Crippen LogP contribution in [0.1, 0.15) is 32.3 Å². The third-order valence-electron chi connectivity index (χ3n) is 3.56. The van der Waals surface area contributed by atoms with Crippen molar-refractivity contribution in [2.24, 2.45) is 11.8 Å². The van der Waals surface area contributed by atoms with Crippen LogP contribution in [0.3, 0.4) is 0 Å². The minimum Gasteiger partial charge on any atom is -0.313 e. The number of nitrogens with one attached hydrogen (secondary N) is 1. The molecule has 1 heteroatoms. The van der Waals surface area contributed by atoms with Crippen molar-refractivity contribution in [1.29, 1.82) is 0 Å². The van der Waals surface area contributed by atoms with Crippen molar-refractivity contribution in [3.05, 3.63) is 35.9 Å². The monoisotopic (exact) mass is 217 g/mol. The first kappa shape index (κ1) is 11.7. The summed E-state index contributed by atoms with van der Waals surface area (Å²) in [5, 5.41) is 3.66. The molecule has 0 aliphatic carbocycles. The molecule has 1 aliphatic rings.